The standard InChI is InChI=1S/C18H24O8/c1-10(19)24-9-11-14-12(23-4)8-17(3,21)18(22)6-5-16(2,26-18)7-13(14)25-15(11)20/h7,12,21-22H,5-6,8-9H2,1-4H3. The van der Waals surface area contributed by atoms with E-state index in [0.29, 0.717) is 12.0 Å². The largest absolute Gasteiger partial charge is 0.461 e. The Balaban J connectivity index is 2.13. The van der Waals surface area contributed by atoms with Crippen molar-refractivity contribution in [2.75, 3.05) is 13.7 Å². The monoisotopic (exact) mass is 368 g/mol. The molecule has 0 aromatic heterocycles. The Labute approximate surface area is 151 Å². The molecule has 3 aliphatic heterocycles. The molecular weight excluding hydrogens is 344 g/mol. The van der Waals surface area contributed by atoms with Crippen LogP contribution >= 0.6 is 0 Å². The Morgan fingerprint density at radius 2 is 2.04 bits per heavy atom. The highest BCUT2D eigenvalue weighted by molar-refractivity contribution is 5.95. The molecule has 3 aliphatic rings. The van der Waals surface area contributed by atoms with Crippen LogP contribution in [-0.2, 0) is 28.5 Å². The molecule has 8 nitrogen and oxygen atoms in total. The molecule has 0 radical (unpaired) electrons. The van der Waals surface area contributed by atoms with Crippen molar-refractivity contribution in [1.29, 1.82) is 0 Å². The van der Waals surface area contributed by atoms with Crippen molar-refractivity contribution < 1.29 is 38.7 Å². The average Bonchev–Trinajstić information content (AvgIpc) is 3.00. The number of hydrogen-bond acceptors (Lipinski definition) is 8. The van der Waals surface area contributed by atoms with E-state index in [-0.39, 0.29) is 30.8 Å². The molecule has 26 heavy (non-hydrogen) atoms. The summed E-state index contributed by atoms with van der Waals surface area (Å²) in [5.74, 6) is -2.68. The van der Waals surface area contributed by atoms with E-state index in [9.17, 15) is 19.8 Å². The van der Waals surface area contributed by atoms with Crippen LogP contribution in [0.4, 0.5) is 0 Å². The fourth-order valence-electron chi connectivity index (χ4n) is 3.73. The van der Waals surface area contributed by atoms with Gasteiger partial charge < -0.3 is 29.2 Å². The Bertz CT molecular complexity index is 706. The first kappa shape index (κ1) is 19.0. The minimum atomic E-state index is -1.76. The highest BCUT2D eigenvalue weighted by Gasteiger charge is 2.58. The van der Waals surface area contributed by atoms with E-state index in [2.05, 4.69) is 0 Å². The molecule has 0 aromatic rings. The van der Waals surface area contributed by atoms with E-state index in [1.54, 1.807) is 13.0 Å². The number of methoxy groups -OCH3 is 1. The summed E-state index contributed by atoms with van der Waals surface area (Å²) in [6.45, 7) is 4.20. The predicted octanol–water partition coefficient (Wildman–Crippen LogP) is 0.714. The summed E-state index contributed by atoms with van der Waals surface area (Å²) in [5, 5.41) is 21.8. The maximum atomic E-state index is 12.3. The summed E-state index contributed by atoms with van der Waals surface area (Å²) in [5.41, 5.74) is -2.01. The van der Waals surface area contributed by atoms with Crippen LogP contribution in [0.5, 0.6) is 0 Å². The first-order valence-corrected chi connectivity index (χ1v) is 8.50. The Kier molecular flexibility index (Phi) is 4.51. The number of rotatable bonds is 3. The van der Waals surface area contributed by atoms with Gasteiger partial charge in [0.25, 0.3) is 0 Å². The van der Waals surface area contributed by atoms with Gasteiger partial charge in [-0.05, 0) is 26.3 Å². The van der Waals surface area contributed by atoms with Crippen molar-refractivity contribution in [1.82, 2.24) is 0 Å². The number of ether oxygens (including phenoxy) is 4. The first-order chi connectivity index (χ1) is 12.0. The second kappa shape index (κ2) is 6.16. The Morgan fingerprint density at radius 1 is 1.35 bits per heavy atom. The summed E-state index contributed by atoms with van der Waals surface area (Å²) in [4.78, 5) is 23.5. The number of fused-ring (bicyclic) bond motifs is 3. The molecule has 2 bridgehead atoms. The van der Waals surface area contributed by atoms with Crippen LogP contribution in [-0.4, -0.2) is 59.0 Å². The van der Waals surface area contributed by atoms with Gasteiger partial charge in [-0.1, -0.05) is 0 Å². The van der Waals surface area contributed by atoms with Gasteiger partial charge in [0.05, 0.1) is 17.3 Å². The molecule has 3 heterocycles. The van der Waals surface area contributed by atoms with Crippen molar-refractivity contribution in [2.45, 2.75) is 63.1 Å². The molecule has 0 aromatic carbocycles. The van der Waals surface area contributed by atoms with Gasteiger partial charge in [-0.3, -0.25) is 4.79 Å². The van der Waals surface area contributed by atoms with Gasteiger partial charge in [-0.25, -0.2) is 4.79 Å². The van der Waals surface area contributed by atoms with Gasteiger partial charge in [-0.2, -0.15) is 0 Å². The number of carbonyl (C=O) groups excluding carboxylic acids is 2. The second-order valence-corrected chi connectivity index (χ2v) is 7.47. The van der Waals surface area contributed by atoms with Gasteiger partial charge >= 0.3 is 11.9 Å². The van der Waals surface area contributed by atoms with Gasteiger partial charge in [0.2, 0.25) is 0 Å². The lowest BCUT2D eigenvalue weighted by Gasteiger charge is -2.40. The zero-order chi connectivity index (χ0) is 19.3. The number of aliphatic hydroxyl groups is 2. The minimum absolute atomic E-state index is 0.0387. The molecule has 0 saturated carbocycles. The summed E-state index contributed by atoms with van der Waals surface area (Å²) < 4.78 is 21.7. The van der Waals surface area contributed by atoms with Gasteiger partial charge in [0.15, 0.2) is 5.79 Å². The molecule has 0 aliphatic carbocycles. The smallest absolute Gasteiger partial charge is 0.343 e. The maximum Gasteiger partial charge on any atom is 0.343 e. The Hall–Kier alpha value is -1.74. The lowest BCUT2D eigenvalue weighted by atomic mass is 9.82. The van der Waals surface area contributed by atoms with E-state index in [1.165, 1.54) is 21.0 Å². The van der Waals surface area contributed by atoms with Crippen LogP contribution < -0.4 is 0 Å². The number of hydrogen-bond donors (Lipinski definition) is 2. The summed E-state index contributed by atoms with van der Waals surface area (Å²) in [6, 6.07) is 0. The van der Waals surface area contributed by atoms with Crippen LogP contribution in [0, 0.1) is 0 Å². The summed E-state index contributed by atoms with van der Waals surface area (Å²) in [6.07, 6.45) is 1.48. The summed E-state index contributed by atoms with van der Waals surface area (Å²) >= 11 is 0. The zero-order valence-electron chi connectivity index (χ0n) is 15.3. The number of esters is 2. The predicted molar refractivity (Wildman–Crippen MR) is 87.5 cm³/mol. The van der Waals surface area contributed by atoms with E-state index in [0.717, 1.165) is 0 Å². The molecule has 144 valence electrons. The maximum absolute atomic E-state index is 12.3. The first-order valence-electron chi connectivity index (χ1n) is 8.50. The van der Waals surface area contributed by atoms with Crippen LogP contribution in [0.25, 0.3) is 0 Å². The highest BCUT2D eigenvalue weighted by Crippen LogP contribution is 2.49. The van der Waals surface area contributed by atoms with E-state index in [1.807, 2.05) is 0 Å². The lowest BCUT2D eigenvalue weighted by molar-refractivity contribution is -0.298. The van der Waals surface area contributed by atoms with Crippen molar-refractivity contribution >= 4 is 11.9 Å². The zero-order valence-corrected chi connectivity index (χ0v) is 15.3. The van der Waals surface area contributed by atoms with Crippen LogP contribution in [0.15, 0.2) is 23.0 Å². The third-order valence-electron chi connectivity index (χ3n) is 5.29. The SMILES string of the molecule is COC1CC(C)(O)C2(O)CCC(C)(C=C3OC(=O)C(COC(C)=O)=C31)O2. The number of carbonyl (C=O) groups is 2. The molecular formula is C18H24O8. The average molecular weight is 368 g/mol. The molecule has 1 fully saturated rings. The van der Waals surface area contributed by atoms with Crippen molar-refractivity contribution in [3.63, 3.8) is 0 Å². The third kappa shape index (κ3) is 3.07. The van der Waals surface area contributed by atoms with Crippen LogP contribution in [0.2, 0.25) is 0 Å². The van der Waals surface area contributed by atoms with Crippen molar-refractivity contribution in [3.05, 3.63) is 23.0 Å². The van der Waals surface area contributed by atoms with Crippen LogP contribution in [0.1, 0.15) is 40.0 Å². The third-order valence-corrected chi connectivity index (χ3v) is 5.29. The molecule has 3 rings (SSSR count). The summed E-state index contributed by atoms with van der Waals surface area (Å²) in [7, 11) is 1.43. The van der Waals surface area contributed by atoms with E-state index in [4.69, 9.17) is 18.9 Å². The van der Waals surface area contributed by atoms with E-state index < -0.39 is 35.0 Å². The fourth-order valence-corrected chi connectivity index (χ4v) is 3.73. The Morgan fingerprint density at radius 3 is 2.65 bits per heavy atom. The van der Waals surface area contributed by atoms with Crippen LogP contribution in [0.3, 0.4) is 0 Å². The molecule has 4 unspecified atom stereocenters. The van der Waals surface area contributed by atoms with E-state index >= 15 is 0 Å². The molecule has 1 saturated heterocycles. The second-order valence-electron chi connectivity index (χ2n) is 7.47. The topological polar surface area (TPSA) is 112 Å². The quantitative estimate of drug-likeness (QED) is 0.701. The van der Waals surface area contributed by atoms with Crippen molar-refractivity contribution in [3.8, 4) is 0 Å². The van der Waals surface area contributed by atoms with Gasteiger partial charge in [-0.15, -0.1) is 0 Å². The molecule has 8 heteroatoms. The molecule has 4 atom stereocenters. The minimum Gasteiger partial charge on any atom is -0.461 e. The van der Waals surface area contributed by atoms with Crippen molar-refractivity contribution in [2.24, 2.45) is 0 Å². The fraction of sp³-hybridized carbons (Fsp3) is 0.667. The van der Waals surface area contributed by atoms with Gasteiger partial charge in [0, 0.05) is 32.4 Å². The molecule has 2 N–H and O–H groups in total. The molecule has 0 spiro atoms. The molecule has 0 amide bonds. The normalized spacial score (nSPS) is 39.5. The lowest BCUT2D eigenvalue weighted by Crippen LogP contribution is -2.54. The highest BCUT2D eigenvalue weighted by atomic mass is 16.7. The van der Waals surface area contributed by atoms with Gasteiger partial charge in [0.1, 0.15) is 18.0 Å².